The highest BCUT2D eigenvalue weighted by Crippen LogP contribution is 2.34. The van der Waals surface area contributed by atoms with Gasteiger partial charge in [-0.25, -0.2) is 4.39 Å². The van der Waals surface area contributed by atoms with Crippen molar-refractivity contribution < 1.29 is 4.39 Å². The van der Waals surface area contributed by atoms with Crippen molar-refractivity contribution in [3.8, 4) is 0 Å². The zero-order chi connectivity index (χ0) is 10.9. The maximum atomic E-state index is 13.7. The summed E-state index contributed by atoms with van der Waals surface area (Å²) in [5.74, 6) is -0.247. The second-order valence-corrected chi connectivity index (χ2v) is 5.00. The van der Waals surface area contributed by atoms with Crippen LogP contribution in [0.15, 0.2) is 39.1 Å². The molecule has 0 aromatic heterocycles. The zero-order valence-electron chi connectivity index (χ0n) is 8.00. The van der Waals surface area contributed by atoms with Crippen LogP contribution in [-0.2, 0) is 5.54 Å². The fourth-order valence-corrected chi connectivity index (χ4v) is 2.39. The molecule has 0 amide bonds. The summed E-state index contributed by atoms with van der Waals surface area (Å²) in [5, 5.41) is 1.87. The first-order chi connectivity index (χ1) is 7.12. The molecule has 1 atom stereocenters. The lowest BCUT2D eigenvalue weighted by Crippen LogP contribution is -2.19. The summed E-state index contributed by atoms with van der Waals surface area (Å²) in [6.45, 7) is 1.86. The Kier molecular flexibility index (Phi) is 2.98. The van der Waals surface area contributed by atoms with Gasteiger partial charge in [-0.2, -0.15) is 0 Å². The van der Waals surface area contributed by atoms with Crippen LogP contribution in [0.1, 0.15) is 12.5 Å². The van der Waals surface area contributed by atoms with E-state index in [2.05, 4.69) is 26.5 Å². The molecule has 1 aromatic carbocycles. The summed E-state index contributed by atoms with van der Waals surface area (Å²) in [6, 6.07) is 4.87. The Labute approximate surface area is 101 Å². The highest BCUT2D eigenvalue weighted by atomic mass is 79.9. The topological polar surface area (TPSA) is 12.4 Å². The van der Waals surface area contributed by atoms with Gasteiger partial charge in [-0.3, -0.25) is 4.99 Å². The second kappa shape index (κ2) is 4.10. The molecular weight excluding hydrogens is 277 g/mol. The predicted molar refractivity (Wildman–Crippen MR) is 65.6 cm³/mol. The number of halogens is 2. The number of thioether (sulfide) groups is 1. The average Bonchev–Trinajstić information content (AvgIpc) is 2.23. The van der Waals surface area contributed by atoms with Crippen molar-refractivity contribution in [1.82, 2.24) is 0 Å². The number of benzene rings is 1. The van der Waals surface area contributed by atoms with Crippen molar-refractivity contribution in [1.29, 1.82) is 0 Å². The maximum Gasteiger partial charge on any atom is 0.129 e. The van der Waals surface area contributed by atoms with Crippen LogP contribution in [0.2, 0.25) is 0 Å². The van der Waals surface area contributed by atoms with Crippen LogP contribution in [0.4, 0.5) is 4.39 Å². The molecule has 0 saturated heterocycles. The average molecular weight is 285 g/mol. The minimum absolute atomic E-state index is 0.247. The molecule has 1 heterocycles. The van der Waals surface area contributed by atoms with Gasteiger partial charge in [0.15, 0.2) is 0 Å². The van der Waals surface area contributed by atoms with Gasteiger partial charge in [0.1, 0.15) is 16.9 Å². The molecule has 4 heteroatoms. The molecule has 0 N–H and O–H groups in total. The van der Waals surface area contributed by atoms with Gasteiger partial charge in [-0.1, -0.05) is 27.7 Å². The Bertz CT molecular complexity index is 430. The van der Waals surface area contributed by atoms with Gasteiger partial charge < -0.3 is 0 Å². The van der Waals surface area contributed by atoms with Crippen LogP contribution in [0.25, 0.3) is 0 Å². The molecular formula is C11H8BrFNS. The smallest absolute Gasteiger partial charge is 0.129 e. The van der Waals surface area contributed by atoms with Crippen LogP contribution in [-0.4, -0.2) is 5.55 Å². The SMILES string of the molecule is C[C@@]1(c2cc(Br)ccc2F)C=CS[C]=N1. The third-order valence-electron chi connectivity index (χ3n) is 2.26. The third kappa shape index (κ3) is 2.16. The lowest BCUT2D eigenvalue weighted by Gasteiger charge is -2.23. The Hall–Kier alpha value is -0.610. The van der Waals surface area contributed by atoms with Crippen molar-refractivity contribution in [3.63, 3.8) is 0 Å². The fraction of sp³-hybridized carbons (Fsp3) is 0.182. The highest BCUT2D eigenvalue weighted by Gasteiger charge is 2.27. The number of nitrogens with zero attached hydrogens (tertiary/aromatic N) is 1. The van der Waals surface area contributed by atoms with E-state index in [1.807, 2.05) is 18.4 Å². The van der Waals surface area contributed by atoms with Crippen LogP contribution >= 0.6 is 27.7 Å². The third-order valence-corrected chi connectivity index (χ3v) is 3.23. The molecule has 15 heavy (non-hydrogen) atoms. The van der Waals surface area contributed by atoms with E-state index in [9.17, 15) is 4.39 Å². The number of hydrogen-bond acceptors (Lipinski definition) is 2. The van der Waals surface area contributed by atoms with Crippen molar-refractivity contribution in [2.24, 2.45) is 4.99 Å². The molecule has 1 nitrogen and oxygen atoms in total. The van der Waals surface area contributed by atoms with Crippen LogP contribution < -0.4 is 0 Å². The normalized spacial score (nSPS) is 24.5. The Balaban J connectivity index is 2.52. The first-order valence-corrected chi connectivity index (χ1v) is 6.05. The van der Waals surface area contributed by atoms with Crippen molar-refractivity contribution in [3.05, 3.63) is 45.5 Å². The number of hydrogen-bond donors (Lipinski definition) is 0. The number of aliphatic imine (C=N–C) groups is 1. The predicted octanol–water partition coefficient (Wildman–Crippen LogP) is 3.97. The summed E-state index contributed by atoms with van der Waals surface area (Å²) in [4.78, 5) is 4.20. The van der Waals surface area contributed by atoms with E-state index in [4.69, 9.17) is 0 Å². The van der Waals surface area contributed by atoms with E-state index in [1.165, 1.54) is 17.8 Å². The lowest BCUT2D eigenvalue weighted by atomic mass is 9.92. The first-order valence-electron chi connectivity index (χ1n) is 4.38. The Morgan fingerprint density at radius 2 is 2.33 bits per heavy atom. The van der Waals surface area contributed by atoms with E-state index in [-0.39, 0.29) is 5.82 Å². The summed E-state index contributed by atoms with van der Waals surface area (Å²) < 4.78 is 14.5. The van der Waals surface area contributed by atoms with Crippen LogP contribution in [0.5, 0.6) is 0 Å². The molecule has 77 valence electrons. The fourth-order valence-electron chi connectivity index (χ4n) is 1.39. The molecule has 0 unspecified atom stereocenters. The summed E-state index contributed by atoms with van der Waals surface area (Å²) >= 11 is 4.70. The molecule has 1 radical (unpaired) electrons. The summed E-state index contributed by atoms with van der Waals surface area (Å²) in [6.07, 6.45) is 1.87. The summed E-state index contributed by atoms with van der Waals surface area (Å²) in [7, 11) is 0. The Morgan fingerprint density at radius 3 is 3.00 bits per heavy atom. The molecule has 0 aliphatic carbocycles. The lowest BCUT2D eigenvalue weighted by molar-refractivity contribution is 0.546. The van der Waals surface area contributed by atoms with Gasteiger partial charge in [-0.05, 0) is 36.6 Å². The minimum Gasteiger partial charge on any atom is -0.260 e. The number of rotatable bonds is 1. The largest absolute Gasteiger partial charge is 0.260 e. The van der Waals surface area contributed by atoms with Gasteiger partial charge >= 0.3 is 0 Å². The van der Waals surface area contributed by atoms with Gasteiger partial charge in [0, 0.05) is 10.0 Å². The summed E-state index contributed by atoms with van der Waals surface area (Å²) in [5.41, 5.74) is 2.71. The molecule has 1 aliphatic rings. The molecule has 0 spiro atoms. The van der Waals surface area contributed by atoms with E-state index >= 15 is 0 Å². The maximum absolute atomic E-state index is 13.7. The van der Waals surface area contributed by atoms with Crippen molar-refractivity contribution in [2.75, 3.05) is 0 Å². The van der Waals surface area contributed by atoms with E-state index < -0.39 is 5.54 Å². The monoisotopic (exact) mass is 284 g/mol. The molecule has 0 saturated carbocycles. The van der Waals surface area contributed by atoms with Crippen molar-refractivity contribution in [2.45, 2.75) is 12.5 Å². The second-order valence-electron chi connectivity index (χ2n) is 3.40. The van der Waals surface area contributed by atoms with Crippen molar-refractivity contribution >= 4 is 33.2 Å². The van der Waals surface area contributed by atoms with Gasteiger partial charge in [0.05, 0.1) is 0 Å². The standard InChI is InChI=1S/C11H8BrFNS/c1-11(4-5-15-7-14-11)9-6-8(12)2-3-10(9)13/h2-6H,1H3/t11-/m0/s1. The van der Waals surface area contributed by atoms with Gasteiger partial charge in [0.25, 0.3) is 0 Å². The molecule has 0 fully saturated rings. The van der Waals surface area contributed by atoms with Gasteiger partial charge in [-0.15, -0.1) is 0 Å². The van der Waals surface area contributed by atoms with E-state index in [1.54, 1.807) is 12.1 Å². The molecule has 1 aromatic rings. The van der Waals surface area contributed by atoms with E-state index in [0.29, 0.717) is 5.56 Å². The molecule has 1 aliphatic heterocycles. The molecule has 0 bridgehead atoms. The minimum atomic E-state index is -0.640. The molecule has 2 rings (SSSR count). The zero-order valence-corrected chi connectivity index (χ0v) is 10.4. The highest BCUT2D eigenvalue weighted by molar-refractivity contribution is 9.10. The first kappa shape index (κ1) is 10.9. The van der Waals surface area contributed by atoms with Crippen LogP contribution in [0.3, 0.4) is 0 Å². The van der Waals surface area contributed by atoms with Gasteiger partial charge in [0.2, 0.25) is 0 Å². The quantitative estimate of drug-likeness (QED) is 0.760. The van der Waals surface area contributed by atoms with Crippen LogP contribution in [0, 0.1) is 5.82 Å². The Morgan fingerprint density at radius 1 is 1.53 bits per heavy atom. The van der Waals surface area contributed by atoms with E-state index in [0.717, 1.165) is 4.47 Å².